The second-order valence-electron chi connectivity index (χ2n) is 6.79. The zero-order chi connectivity index (χ0) is 13.6. The van der Waals surface area contributed by atoms with Crippen LogP contribution in [0.5, 0.6) is 0 Å². The number of aliphatic hydroxyl groups excluding tert-OH is 1. The van der Waals surface area contributed by atoms with Crippen LogP contribution in [0.2, 0.25) is 0 Å². The second-order valence-corrected chi connectivity index (χ2v) is 6.79. The normalized spacial score (nSPS) is 39.5. The highest BCUT2D eigenvalue weighted by molar-refractivity contribution is 4.96. The fourth-order valence-electron chi connectivity index (χ4n) is 4.12. The number of ether oxygens (including phenoxy) is 2. The molecule has 5 heteroatoms. The molecule has 2 atom stereocenters. The zero-order valence-electron chi connectivity index (χ0n) is 12.2. The summed E-state index contributed by atoms with van der Waals surface area (Å²) in [6, 6.07) is 1.07. The number of nitrogens with zero attached hydrogens (tertiary/aromatic N) is 2. The van der Waals surface area contributed by atoms with Crippen molar-refractivity contribution >= 4 is 0 Å². The molecule has 2 saturated heterocycles. The summed E-state index contributed by atoms with van der Waals surface area (Å²) in [6.07, 6.45) is 5.02. The predicted molar refractivity (Wildman–Crippen MR) is 74.4 cm³/mol. The molecule has 0 aromatic rings. The van der Waals surface area contributed by atoms with Gasteiger partial charge in [-0.05, 0) is 19.3 Å². The molecule has 1 spiro atoms. The van der Waals surface area contributed by atoms with E-state index in [1.807, 2.05) is 0 Å². The Morgan fingerprint density at radius 2 is 1.55 bits per heavy atom. The largest absolute Gasteiger partial charge is 0.391 e. The van der Waals surface area contributed by atoms with Crippen LogP contribution >= 0.6 is 0 Å². The molecule has 114 valence electrons. The van der Waals surface area contributed by atoms with Crippen LogP contribution in [0, 0.1) is 0 Å². The Labute approximate surface area is 120 Å². The highest BCUT2D eigenvalue weighted by Crippen LogP contribution is 2.38. The molecule has 0 aromatic heterocycles. The minimum atomic E-state index is -0.391. The molecule has 0 aromatic carbocycles. The van der Waals surface area contributed by atoms with Crippen LogP contribution < -0.4 is 0 Å². The quantitative estimate of drug-likeness (QED) is 0.795. The van der Waals surface area contributed by atoms with E-state index in [1.54, 1.807) is 0 Å². The summed E-state index contributed by atoms with van der Waals surface area (Å²) >= 11 is 0. The van der Waals surface area contributed by atoms with E-state index in [0.29, 0.717) is 13.2 Å². The van der Waals surface area contributed by atoms with Crippen LogP contribution in [-0.4, -0.2) is 78.3 Å². The van der Waals surface area contributed by atoms with Gasteiger partial charge < -0.3 is 14.6 Å². The summed E-state index contributed by atoms with van der Waals surface area (Å²) in [5, 5.41) is 10.4. The van der Waals surface area contributed by atoms with Crippen LogP contribution in [0.25, 0.3) is 0 Å². The summed E-state index contributed by atoms with van der Waals surface area (Å²) < 4.78 is 11.7. The molecule has 2 aliphatic heterocycles. The predicted octanol–water partition coefficient (Wildman–Crippen LogP) is 0.423. The topological polar surface area (TPSA) is 45.2 Å². The van der Waals surface area contributed by atoms with Gasteiger partial charge in [-0.2, -0.15) is 0 Å². The maximum Gasteiger partial charge on any atom is 0.170 e. The van der Waals surface area contributed by atoms with E-state index in [4.69, 9.17) is 9.47 Å². The summed E-state index contributed by atoms with van der Waals surface area (Å²) in [4.78, 5) is 5.08. The molecular weight excluding hydrogens is 256 g/mol. The Kier molecular flexibility index (Phi) is 3.51. The molecule has 2 heterocycles. The number of aliphatic hydroxyl groups is 1. The van der Waals surface area contributed by atoms with Crippen LogP contribution in [0.1, 0.15) is 32.1 Å². The van der Waals surface area contributed by atoms with Crippen LogP contribution in [-0.2, 0) is 9.47 Å². The SMILES string of the molecule is OC1CCC2(CC1N1CCN(C3CC3)CC1)OCCO2. The molecule has 2 aliphatic carbocycles. The van der Waals surface area contributed by atoms with Gasteiger partial charge in [-0.15, -0.1) is 0 Å². The van der Waals surface area contributed by atoms with Gasteiger partial charge in [0.25, 0.3) is 0 Å². The summed E-state index contributed by atoms with van der Waals surface area (Å²) in [5.41, 5.74) is 0. The molecular formula is C15H26N2O3. The first-order valence-corrected chi connectivity index (χ1v) is 8.20. The Balaban J connectivity index is 1.38. The van der Waals surface area contributed by atoms with Gasteiger partial charge in [0.15, 0.2) is 5.79 Å². The third kappa shape index (κ3) is 2.50. The highest BCUT2D eigenvalue weighted by atomic mass is 16.7. The molecule has 1 N–H and O–H groups in total. The third-order valence-corrected chi connectivity index (χ3v) is 5.48. The van der Waals surface area contributed by atoms with E-state index >= 15 is 0 Å². The molecule has 0 amide bonds. The van der Waals surface area contributed by atoms with Crippen molar-refractivity contribution in [1.29, 1.82) is 0 Å². The van der Waals surface area contributed by atoms with E-state index in [9.17, 15) is 5.11 Å². The standard InChI is InChI=1S/C15H26N2O3/c18-14-3-4-15(19-9-10-20-15)11-13(14)17-7-5-16(6-8-17)12-1-2-12/h12-14,18H,1-11H2. The average Bonchev–Trinajstić information content (AvgIpc) is 3.24. The monoisotopic (exact) mass is 282 g/mol. The molecule has 4 fully saturated rings. The lowest BCUT2D eigenvalue weighted by molar-refractivity contribution is -0.206. The lowest BCUT2D eigenvalue weighted by atomic mass is 9.86. The van der Waals surface area contributed by atoms with Gasteiger partial charge in [-0.25, -0.2) is 0 Å². The number of hydrogen-bond acceptors (Lipinski definition) is 5. The Hall–Kier alpha value is -0.200. The van der Waals surface area contributed by atoms with Gasteiger partial charge in [0.1, 0.15) is 0 Å². The van der Waals surface area contributed by atoms with Gasteiger partial charge in [-0.3, -0.25) is 9.80 Å². The molecule has 2 saturated carbocycles. The smallest absolute Gasteiger partial charge is 0.170 e. The fraction of sp³-hybridized carbons (Fsp3) is 1.00. The van der Waals surface area contributed by atoms with Gasteiger partial charge in [-0.1, -0.05) is 0 Å². The average molecular weight is 282 g/mol. The van der Waals surface area contributed by atoms with E-state index < -0.39 is 5.79 Å². The van der Waals surface area contributed by atoms with Crippen molar-refractivity contribution in [3.63, 3.8) is 0 Å². The number of piperazine rings is 1. The van der Waals surface area contributed by atoms with Gasteiger partial charge in [0.2, 0.25) is 0 Å². The molecule has 4 rings (SSSR count). The molecule has 2 unspecified atom stereocenters. The first-order valence-electron chi connectivity index (χ1n) is 8.20. The lowest BCUT2D eigenvalue weighted by Crippen LogP contribution is -2.58. The van der Waals surface area contributed by atoms with Crippen molar-refractivity contribution in [1.82, 2.24) is 9.80 Å². The minimum absolute atomic E-state index is 0.211. The van der Waals surface area contributed by atoms with E-state index in [0.717, 1.165) is 51.5 Å². The Bertz CT molecular complexity index is 347. The highest BCUT2D eigenvalue weighted by Gasteiger charge is 2.47. The van der Waals surface area contributed by atoms with Crippen LogP contribution in [0.15, 0.2) is 0 Å². The second kappa shape index (κ2) is 5.21. The first-order chi connectivity index (χ1) is 9.76. The van der Waals surface area contributed by atoms with Crippen molar-refractivity contribution in [2.24, 2.45) is 0 Å². The summed E-state index contributed by atoms with van der Waals surface area (Å²) in [5.74, 6) is -0.391. The number of hydrogen-bond donors (Lipinski definition) is 1. The molecule has 5 nitrogen and oxygen atoms in total. The van der Waals surface area contributed by atoms with Crippen LogP contribution in [0.3, 0.4) is 0 Å². The summed E-state index contributed by atoms with van der Waals surface area (Å²) in [7, 11) is 0. The number of rotatable bonds is 2. The first kappa shape index (κ1) is 13.5. The van der Waals surface area contributed by atoms with Gasteiger partial charge in [0, 0.05) is 51.1 Å². The maximum atomic E-state index is 10.4. The van der Waals surface area contributed by atoms with Crippen molar-refractivity contribution in [3.05, 3.63) is 0 Å². The Morgan fingerprint density at radius 3 is 2.20 bits per heavy atom. The fourth-order valence-corrected chi connectivity index (χ4v) is 4.12. The van der Waals surface area contributed by atoms with Crippen molar-refractivity contribution in [3.8, 4) is 0 Å². The van der Waals surface area contributed by atoms with E-state index in [1.165, 1.54) is 12.8 Å². The van der Waals surface area contributed by atoms with Gasteiger partial charge in [0.05, 0.1) is 19.3 Å². The molecule has 20 heavy (non-hydrogen) atoms. The lowest BCUT2D eigenvalue weighted by Gasteiger charge is -2.46. The third-order valence-electron chi connectivity index (χ3n) is 5.48. The van der Waals surface area contributed by atoms with Gasteiger partial charge >= 0.3 is 0 Å². The molecule has 4 aliphatic rings. The Morgan fingerprint density at radius 1 is 0.900 bits per heavy atom. The van der Waals surface area contributed by atoms with Crippen molar-refractivity contribution in [2.45, 2.75) is 56.1 Å². The maximum absolute atomic E-state index is 10.4. The van der Waals surface area contributed by atoms with E-state index in [-0.39, 0.29) is 12.1 Å². The summed E-state index contributed by atoms with van der Waals surface area (Å²) in [6.45, 7) is 5.88. The molecule has 0 radical (unpaired) electrons. The van der Waals surface area contributed by atoms with E-state index in [2.05, 4.69) is 9.80 Å². The van der Waals surface area contributed by atoms with Crippen molar-refractivity contribution < 1.29 is 14.6 Å². The van der Waals surface area contributed by atoms with Crippen molar-refractivity contribution in [2.75, 3.05) is 39.4 Å². The van der Waals surface area contributed by atoms with Crippen LogP contribution in [0.4, 0.5) is 0 Å². The zero-order valence-corrected chi connectivity index (χ0v) is 12.2. The minimum Gasteiger partial charge on any atom is -0.391 e. The molecule has 0 bridgehead atoms.